The Labute approximate surface area is 114 Å². The van der Waals surface area contributed by atoms with Crippen molar-refractivity contribution in [3.8, 4) is 0 Å². The topological polar surface area (TPSA) is 70.8 Å². The van der Waals surface area contributed by atoms with E-state index in [4.69, 9.17) is 9.52 Å². The molecular formula is C13H13NO4S. The lowest BCUT2D eigenvalue weighted by molar-refractivity contribution is -0.129. The third-order valence-electron chi connectivity index (χ3n) is 2.69. The number of hydrogen-bond acceptors (Lipinski definition) is 4. The average Bonchev–Trinajstić information content (AvgIpc) is 2.99. The smallest absolute Gasteiger partial charge is 0.339 e. The van der Waals surface area contributed by atoms with Crippen LogP contribution in [0.4, 0.5) is 0 Å². The van der Waals surface area contributed by atoms with Crippen molar-refractivity contribution in [3.63, 3.8) is 0 Å². The van der Waals surface area contributed by atoms with Crippen molar-refractivity contribution in [3.05, 3.63) is 46.0 Å². The number of furan rings is 1. The van der Waals surface area contributed by atoms with Crippen molar-refractivity contribution < 1.29 is 19.1 Å². The molecule has 0 unspecified atom stereocenters. The summed E-state index contributed by atoms with van der Waals surface area (Å²) in [6, 6.07) is 5.22. The number of amides is 1. The van der Waals surface area contributed by atoms with Gasteiger partial charge in [0, 0.05) is 11.9 Å². The van der Waals surface area contributed by atoms with E-state index in [1.54, 1.807) is 23.3 Å². The predicted octanol–water partition coefficient (Wildman–Crippen LogP) is 2.24. The zero-order valence-electron chi connectivity index (χ0n) is 10.3. The average molecular weight is 279 g/mol. The lowest BCUT2D eigenvalue weighted by atomic mass is 10.2. The molecule has 2 heterocycles. The van der Waals surface area contributed by atoms with Crippen molar-refractivity contribution >= 4 is 23.2 Å². The number of aromatic carboxylic acids is 1. The standard InChI is InChI=1S/C13H13NO4S/c1-14(8-9-3-2-6-19-9)12(15)7-11-10(13(16)17)4-5-18-11/h2-6H,7-8H2,1H3,(H,16,17). The second kappa shape index (κ2) is 5.71. The Morgan fingerprint density at radius 2 is 2.21 bits per heavy atom. The van der Waals surface area contributed by atoms with Crippen LogP contribution in [0.1, 0.15) is 21.0 Å². The van der Waals surface area contributed by atoms with E-state index in [1.165, 1.54) is 12.3 Å². The van der Waals surface area contributed by atoms with Crippen LogP contribution in [0.15, 0.2) is 34.3 Å². The van der Waals surface area contributed by atoms with Gasteiger partial charge in [0.15, 0.2) is 0 Å². The molecule has 5 nitrogen and oxygen atoms in total. The van der Waals surface area contributed by atoms with Gasteiger partial charge in [-0.3, -0.25) is 4.79 Å². The Hall–Kier alpha value is -2.08. The van der Waals surface area contributed by atoms with Gasteiger partial charge >= 0.3 is 5.97 Å². The van der Waals surface area contributed by atoms with Crippen LogP contribution >= 0.6 is 11.3 Å². The van der Waals surface area contributed by atoms with Crippen LogP contribution in [0.25, 0.3) is 0 Å². The van der Waals surface area contributed by atoms with Crippen molar-refractivity contribution in [2.24, 2.45) is 0 Å². The summed E-state index contributed by atoms with van der Waals surface area (Å²) < 4.78 is 5.06. The molecule has 0 spiro atoms. The summed E-state index contributed by atoms with van der Waals surface area (Å²) in [5, 5.41) is 10.9. The molecule has 0 radical (unpaired) electrons. The summed E-state index contributed by atoms with van der Waals surface area (Å²) >= 11 is 1.57. The largest absolute Gasteiger partial charge is 0.478 e. The van der Waals surface area contributed by atoms with E-state index >= 15 is 0 Å². The fourth-order valence-electron chi connectivity index (χ4n) is 1.66. The first kappa shape index (κ1) is 13.4. The third-order valence-corrected chi connectivity index (χ3v) is 3.55. The van der Waals surface area contributed by atoms with E-state index in [0.717, 1.165) is 4.88 Å². The van der Waals surface area contributed by atoms with Gasteiger partial charge in [0.1, 0.15) is 11.3 Å². The number of carbonyl (C=O) groups excluding carboxylic acids is 1. The second-order valence-corrected chi connectivity index (χ2v) is 5.10. The lowest BCUT2D eigenvalue weighted by Gasteiger charge is -2.15. The number of carbonyl (C=O) groups is 2. The van der Waals surface area contributed by atoms with Gasteiger partial charge in [0.2, 0.25) is 5.91 Å². The zero-order valence-corrected chi connectivity index (χ0v) is 11.1. The molecule has 0 aromatic carbocycles. The molecule has 2 rings (SSSR count). The van der Waals surface area contributed by atoms with Crippen LogP contribution in [0.2, 0.25) is 0 Å². The van der Waals surface area contributed by atoms with E-state index in [1.807, 2.05) is 17.5 Å². The molecule has 0 saturated carbocycles. The first-order valence-corrected chi connectivity index (χ1v) is 6.52. The van der Waals surface area contributed by atoms with Crippen LogP contribution in [0, 0.1) is 0 Å². The van der Waals surface area contributed by atoms with Gasteiger partial charge in [-0.1, -0.05) is 6.07 Å². The molecule has 0 aliphatic heterocycles. The molecule has 1 amide bonds. The first-order chi connectivity index (χ1) is 9.08. The van der Waals surface area contributed by atoms with E-state index in [0.29, 0.717) is 6.54 Å². The number of nitrogens with zero attached hydrogens (tertiary/aromatic N) is 1. The highest BCUT2D eigenvalue weighted by molar-refractivity contribution is 7.09. The molecule has 100 valence electrons. The van der Waals surface area contributed by atoms with Gasteiger partial charge < -0.3 is 14.4 Å². The van der Waals surface area contributed by atoms with Gasteiger partial charge in [-0.25, -0.2) is 4.79 Å². The Kier molecular flexibility index (Phi) is 4.01. The van der Waals surface area contributed by atoms with E-state index in [2.05, 4.69) is 0 Å². The summed E-state index contributed by atoms with van der Waals surface area (Å²) in [5.41, 5.74) is 0.0397. The SMILES string of the molecule is CN(Cc1cccs1)C(=O)Cc1occc1C(=O)O. The molecule has 2 aromatic rings. The number of rotatable bonds is 5. The van der Waals surface area contributed by atoms with Crippen molar-refractivity contribution in [1.82, 2.24) is 4.90 Å². The van der Waals surface area contributed by atoms with Gasteiger partial charge in [-0.2, -0.15) is 0 Å². The molecule has 2 aromatic heterocycles. The molecule has 19 heavy (non-hydrogen) atoms. The maximum absolute atomic E-state index is 12.0. The third kappa shape index (κ3) is 3.23. The summed E-state index contributed by atoms with van der Waals surface area (Å²) in [4.78, 5) is 25.5. The van der Waals surface area contributed by atoms with Crippen LogP contribution in [0.3, 0.4) is 0 Å². The fourth-order valence-corrected chi connectivity index (χ4v) is 2.42. The Balaban J connectivity index is 2.00. The van der Waals surface area contributed by atoms with Crippen LogP contribution in [0.5, 0.6) is 0 Å². The van der Waals surface area contributed by atoms with Crippen LogP contribution in [-0.2, 0) is 17.8 Å². The number of thiophene rings is 1. The van der Waals surface area contributed by atoms with Crippen LogP contribution in [-0.4, -0.2) is 28.9 Å². The Morgan fingerprint density at radius 1 is 1.42 bits per heavy atom. The van der Waals surface area contributed by atoms with Gasteiger partial charge in [0.25, 0.3) is 0 Å². The summed E-state index contributed by atoms with van der Waals surface area (Å²) in [7, 11) is 1.69. The molecule has 0 fully saturated rings. The summed E-state index contributed by atoms with van der Waals surface area (Å²) in [6.07, 6.45) is 1.24. The quantitative estimate of drug-likeness (QED) is 0.911. The summed E-state index contributed by atoms with van der Waals surface area (Å²) in [5.74, 6) is -1.07. The maximum Gasteiger partial charge on any atom is 0.339 e. The van der Waals surface area contributed by atoms with Gasteiger partial charge in [0.05, 0.1) is 19.2 Å². The highest BCUT2D eigenvalue weighted by Crippen LogP contribution is 2.15. The van der Waals surface area contributed by atoms with Crippen molar-refractivity contribution in [2.75, 3.05) is 7.05 Å². The molecule has 0 aliphatic carbocycles. The molecule has 0 saturated heterocycles. The number of carboxylic acids is 1. The van der Waals surface area contributed by atoms with Crippen molar-refractivity contribution in [2.45, 2.75) is 13.0 Å². The van der Waals surface area contributed by atoms with E-state index in [-0.39, 0.29) is 23.7 Å². The second-order valence-electron chi connectivity index (χ2n) is 4.07. The lowest BCUT2D eigenvalue weighted by Crippen LogP contribution is -2.27. The maximum atomic E-state index is 12.0. The normalized spacial score (nSPS) is 10.4. The van der Waals surface area contributed by atoms with Crippen LogP contribution < -0.4 is 0 Å². The highest BCUT2D eigenvalue weighted by Gasteiger charge is 2.18. The minimum Gasteiger partial charge on any atom is -0.478 e. The minimum absolute atomic E-state index is 0.0397. The van der Waals surface area contributed by atoms with Gasteiger partial charge in [-0.05, 0) is 17.5 Å². The van der Waals surface area contributed by atoms with Gasteiger partial charge in [-0.15, -0.1) is 11.3 Å². The van der Waals surface area contributed by atoms with E-state index < -0.39 is 5.97 Å². The molecule has 6 heteroatoms. The number of likely N-dealkylation sites (N-methyl/N-ethyl adjacent to an activating group) is 1. The molecule has 0 aliphatic rings. The monoisotopic (exact) mass is 279 g/mol. The Morgan fingerprint density at radius 3 is 2.84 bits per heavy atom. The van der Waals surface area contributed by atoms with Crippen molar-refractivity contribution in [1.29, 1.82) is 0 Å². The number of carboxylic acid groups (broad SMARTS) is 1. The zero-order chi connectivity index (χ0) is 13.8. The fraction of sp³-hybridized carbons (Fsp3) is 0.231. The molecule has 0 atom stereocenters. The molecule has 0 bridgehead atoms. The predicted molar refractivity (Wildman–Crippen MR) is 70.2 cm³/mol. The first-order valence-electron chi connectivity index (χ1n) is 5.64. The molecular weight excluding hydrogens is 266 g/mol. The highest BCUT2D eigenvalue weighted by atomic mass is 32.1. The summed E-state index contributed by atoms with van der Waals surface area (Å²) in [6.45, 7) is 0.514. The Bertz CT molecular complexity index is 573. The number of hydrogen-bond donors (Lipinski definition) is 1. The van der Waals surface area contributed by atoms with E-state index in [9.17, 15) is 9.59 Å². The minimum atomic E-state index is -1.09. The molecule has 1 N–H and O–H groups in total.